The Hall–Kier alpha value is -2.29. The highest BCUT2D eigenvalue weighted by Gasteiger charge is 2.30. The van der Waals surface area contributed by atoms with E-state index in [1.54, 1.807) is 30.5 Å². The van der Waals surface area contributed by atoms with Gasteiger partial charge in [0.15, 0.2) is 17.4 Å². The van der Waals surface area contributed by atoms with E-state index in [1.807, 2.05) is 30.3 Å². The van der Waals surface area contributed by atoms with Crippen LogP contribution in [-0.2, 0) is 15.8 Å². The fourth-order valence-corrected chi connectivity index (χ4v) is 6.42. The third kappa shape index (κ3) is 6.64. The Morgan fingerprint density at radius 3 is 2.45 bits per heavy atom. The number of aliphatic hydroxyl groups excluding tert-OH is 1. The number of ether oxygens (including phenoxy) is 1. The molecule has 0 aliphatic heterocycles. The van der Waals surface area contributed by atoms with Crippen molar-refractivity contribution in [1.29, 1.82) is 0 Å². The quantitative estimate of drug-likeness (QED) is 0.197. The Labute approximate surface area is 233 Å². The smallest absolute Gasteiger partial charge is 0.188 e. The Bertz CT molecular complexity index is 1230. The van der Waals surface area contributed by atoms with Crippen molar-refractivity contribution >= 4 is 34.1 Å². The van der Waals surface area contributed by atoms with Gasteiger partial charge in [-0.3, -0.25) is 4.98 Å². The lowest BCUT2D eigenvalue weighted by molar-refractivity contribution is -0.0769. The highest BCUT2D eigenvalue weighted by atomic mass is 35.5. The number of aromatic nitrogens is 1. The van der Waals surface area contributed by atoms with Crippen LogP contribution in [0.3, 0.4) is 0 Å². The molecule has 4 rings (SSSR count). The highest BCUT2D eigenvalue weighted by Crippen LogP contribution is 2.41. The molecule has 3 atom stereocenters. The molecule has 6 nitrogen and oxygen atoms in total. The molecule has 0 radical (unpaired) electrons. The fourth-order valence-electron chi connectivity index (χ4n) is 5.60. The third-order valence-corrected chi connectivity index (χ3v) is 8.68. The van der Waals surface area contributed by atoms with Crippen molar-refractivity contribution in [2.75, 3.05) is 18.6 Å². The second-order valence-corrected chi connectivity index (χ2v) is 11.7. The summed E-state index contributed by atoms with van der Waals surface area (Å²) in [5.74, 6) is 1.50. The van der Waals surface area contributed by atoms with E-state index in [-0.39, 0.29) is 4.90 Å². The largest absolute Gasteiger partial charge is 0.364 e. The lowest BCUT2D eigenvalue weighted by Gasteiger charge is -2.38. The molecule has 0 spiro atoms. The Balaban J connectivity index is 1.81. The number of hydrogen-bond acceptors (Lipinski definition) is 5. The SMILES string of the molecule is COC(O)c1ccnc(-c2cc(S(=O)O)c(N(C[C@H](C(C)C)C3CCCCC3)c3ccccc3)cc2Cl)c1. The minimum Gasteiger partial charge on any atom is -0.364 e. The first kappa shape index (κ1) is 28.7. The summed E-state index contributed by atoms with van der Waals surface area (Å²) in [5, 5.41) is 10.5. The first-order chi connectivity index (χ1) is 18.3. The van der Waals surface area contributed by atoms with E-state index in [2.05, 4.69) is 23.7 Å². The zero-order chi connectivity index (χ0) is 27.2. The molecule has 1 saturated carbocycles. The van der Waals surface area contributed by atoms with E-state index in [9.17, 15) is 13.9 Å². The molecule has 2 N–H and O–H groups in total. The number of methoxy groups -OCH3 is 1. The maximum absolute atomic E-state index is 12.8. The number of aliphatic hydroxyl groups is 1. The monoisotopic (exact) mass is 556 g/mol. The summed E-state index contributed by atoms with van der Waals surface area (Å²) in [6, 6.07) is 16.7. The zero-order valence-electron chi connectivity index (χ0n) is 22.2. The number of benzene rings is 2. The van der Waals surface area contributed by atoms with Gasteiger partial charge < -0.3 is 19.3 Å². The van der Waals surface area contributed by atoms with E-state index in [0.717, 1.165) is 12.2 Å². The molecule has 38 heavy (non-hydrogen) atoms. The summed E-state index contributed by atoms with van der Waals surface area (Å²) >= 11 is 4.57. The van der Waals surface area contributed by atoms with E-state index in [1.165, 1.54) is 39.2 Å². The number of para-hydroxylation sites is 1. The standard InChI is InChI=1S/C30H37ClN2O4S/c1-20(2)25(21-10-6-4-7-11-21)19-33(23-12-8-5-9-13-23)28-18-26(31)24(17-29(28)38(35)36)27-16-22(14-15-32-27)30(34)37-3/h5,8-9,12-18,20-21,25,30,34H,4,6-7,10-11,19H2,1-3H3,(H,35,36)/t25-,30?/m1/s1. The maximum atomic E-state index is 12.8. The van der Waals surface area contributed by atoms with Crippen LogP contribution in [0.5, 0.6) is 0 Å². The van der Waals surface area contributed by atoms with Gasteiger partial charge in [-0.1, -0.05) is 75.8 Å². The number of halogens is 1. The number of anilines is 2. The zero-order valence-corrected chi connectivity index (χ0v) is 23.8. The number of hydrogen-bond donors (Lipinski definition) is 2. The average molecular weight is 557 g/mol. The topological polar surface area (TPSA) is 82.9 Å². The lowest BCUT2D eigenvalue weighted by Crippen LogP contribution is -2.34. The molecule has 204 valence electrons. The van der Waals surface area contributed by atoms with Gasteiger partial charge in [0.2, 0.25) is 0 Å². The van der Waals surface area contributed by atoms with Crippen LogP contribution in [0.2, 0.25) is 5.02 Å². The van der Waals surface area contributed by atoms with E-state index < -0.39 is 17.4 Å². The van der Waals surface area contributed by atoms with Crippen LogP contribution < -0.4 is 4.90 Å². The highest BCUT2D eigenvalue weighted by molar-refractivity contribution is 7.79. The average Bonchev–Trinajstić information content (AvgIpc) is 2.93. The van der Waals surface area contributed by atoms with Crippen molar-refractivity contribution in [3.8, 4) is 11.3 Å². The summed E-state index contributed by atoms with van der Waals surface area (Å²) in [5.41, 5.74) is 3.07. The second kappa shape index (κ2) is 13.2. The number of nitrogens with zero attached hydrogens (tertiary/aromatic N) is 2. The van der Waals surface area contributed by atoms with Crippen molar-refractivity contribution in [3.63, 3.8) is 0 Å². The van der Waals surface area contributed by atoms with Crippen molar-refractivity contribution in [2.45, 2.75) is 57.1 Å². The van der Waals surface area contributed by atoms with E-state index >= 15 is 0 Å². The predicted molar refractivity (Wildman–Crippen MR) is 154 cm³/mol. The Morgan fingerprint density at radius 1 is 1.11 bits per heavy atom. The first-order valence-electron chi connectivity index (χ1n) is 13.2. The molecule has 1 aromatic heterocycles. The Kier molecular flexibility index (Phi) is 9.96. The molecule has 1 aliphatic rings. The molecule has 2 aromatic carbocycles. The summed E-state index contributed by atoms with van der Waals surface area (Å²) in [7, 11) is 1.41. The van der Waals surface area contributed by atoms with Gasteiger partial charge in [0.05, 0.1) is 21.3 Å². The lowest BCUT2D eigenvalue weighted by atomic mass is 9.74. The second-order valence-electron chi connectivity index (χ2n) is 10.4. The summed E-state index contributed by atoms with van der Waals surface area (Å²) in [6.07, 6.45) is 6.71. The van der Waals surface area contributed by atoms with Gasteiger partial charge in [0.1, 0.15) is 0 Å². The van der Waals surface area contributed by atoms with Gasteiger partial charge in [0, 0.05) is 36.7 Å². The Morgan fingerprint density at radius 2 is 1.82 bits per heavy atom. The van der Waals surface area contributed by atoms with Crippen molar-refractivity contribution in [2.24, 2.45) is 17.8 Å². The van der Waals surface area contributed by atoms with Gasteiger partial charge in [0.25, 0.3) is 0 Å². The molecule has 0 bridgehead atoms. The molecule has 1 aliphatic carbocycles. The van der Waals surface area contributed by atoms with Crippen LogP contribution in [-0.4, -0.2) is 32.5 Å². The van der Waals surface area contributed by atoms with Gasteiger partial charge in [-0.25, -0.2) is 4.21 Å². The van der Waals surface area contributed by atoms with E-state index in [0.29, 0.717) is 45.3 Å². The maximum Gasteiger partial charge on any atom is 0.188 e. The molecular weight excluding hydrogens is 520 g/mol. The molecule has 0 saturated heterocycles. The molecule has 3 aromatic rings. The molecule has 2 unspecified atom stereocenters. The minimum absolute atomic E-state index is 0.263. The number of pyridine rings is 1. The van der Waals surface area contributed by atoms with Gasteiger partial charge in [-0.2, -0.15) is 0 Å². The first-order valence-corrected chi connectivity index (χ1v) is 14.7. The number of rotatable bonds is 10. The molecular formula is C30H37ClN2O4S. The molecule has 1 heterocycles. The third-order valence-electron chi connectivity index (χ3n) is 7.67. The predicted octanol–water partition coefficient (Wildman–Crippen LogP) is 7.61. The molecule has 8 heteroatoms. The molecule has 0 amide bonds. The van der Waals surface area contributed by atoms with Gasteiger partial charge >= 0.3 is 0 Å². The van der Waals surface area contributed by atoms with Crippen LogP contribution in [0.25, 0.3) is 11.3 Å². The van der Waals surface area contributed by atoms with Crippen molar-refractivity contribution in [1.82, 2.24) is 4.98 Å². The van der Waals surface area contributed by atoms with Gasteiger partial charge in [-0.05, 0) is 54.2 Å². The minimum atomic E-state index is -2.28. The van der Waals surface area contributed by atoms with Crippen LogP contribution in [0.1, 0.15) is 57.8 Å². The fraction of sp³-hybridized carbons (Fsp3) is 0.433. The van der Waals surface area contributed by atoms with E-state index in [4.69, 9.17) is 16.3 Å². The summed E-state index contributed by atoms with van der Waals surface area (Å²) in [6.45, 7) is 5.27. The van der Waals surface area contributed by atoms with Crippen LogP contribution >= 0.6 is 11.6 Å². The van der Waals surface area contributed by atoms with Crippen molar-refractivity contribution < 1.29 is 18.6 Å². The van der Waals surface area contributed by atoms with Gasteiger partial charge in [-0.15, -0.1) is 0 Å². The summed E-state index contributed by atoms with van der Waals surface area (Å²) < 4.78 is 28.2. The van der Waals surface area contributed by atoms with Crippen molar-refractivity contribution in [3.05, 3.63) is 71.4 Å². The van der Waals surface area contributed by atoms with Crippen LogP contribution in [0.4, 0.5) is 11.4 Å². The molecule has 1 fully saturated rings. The van der Waals surface area contributed by atoms with Crippen LogP contribution in [0, 0.1) is 17.8 Å². The normalized spacial score (nSPS) is 16.8. The summed E-state index contributed by atoms with van der Waals surface area (Å²) in [4.78, 5) is 6.82. The van der Waals surface area contributed by atoms with Crippen LogP contribution in [0.15, 0.2) is 65.7 Å².